The second kappa shape index (κ2) is 5.15. The van der Waals surface area contributed by atoms with Gasteiger partial charge in [-0.15, -0.1) is 0 Å². The highest BCUT2D eigenvalue weighted by Crippen LogP contribution is 2.10. The van der Waals surface area contributed by atoms with Gasteiger partial charge >= 0.3 is 0 Å². The van der Waals surface area contributed by atoms with Crippen LogP contribution in [0.15, 0.2) is 46.9 Å². The molecule has 88 valence electrons. The number of hydrogen-bond donors (Lipinski definition) is 0. The Morgan fingerprint density at radius 1 is 1.33 bits per heavy atom. The molecule has 0 bridgehead atoms. The Kier molecular flexibility index (Phi) is 3.40. The summed E-state index contributed by atoms with van der Waals surface area (Å²) in [6.45, 7) is 1.79. The SMILES string of the molecule is Cc1ccc(C(=O)/C=C/c2cccc(C#N)c2)o1. The molecular formula is C15H11NO2. The van der Waals surface area contributed by atoms with E-state index < -0.39 is 0 Å². The van der Waals surface area contributed by atoms with Gasteiger partial charge in [-0.3, -0.25) is 4.79 Å². The van der Waals surface area contributed by atoms with Gasteiger partial charge in [0, 0.05) is 0 Å². The molecule has 0 saturated heterocycles. The van der Waals surface area contributed by atoms with Crippen molar-refractivity contribution in [3.05, 3.63) is 65.1 Å². The highest BCUT2D eigenvalue weighted by atomic mass is 16.3. The van der Waals surface area contributed by atoms with Crippen LogP contribution in [-0.4, -0.2) is 5.78 Å². The van der Waals surface area contributed by atoms with Gasteiger partial charge in [0.2, 0.25) is 5.78 Å². The van der Waals surface area contributed by atoms with Gasteiger partial charge in [-0.2, -0.15) is 5.26 Å². The van der Waals surface area contributed by atoms with Gasteiger partial charge < -0.3 is 4.42 Å². The molecule has 0 amide bonds. The Hall–Kier alpha value is -2.60. The van der Waals surface area contributed by atoms with Crippen LogP contribution in [0.25, 0.3) is 6.08 Å². The average Bonchev–Trinajstić information content (AvgIpc) is 2.83. The van der Waals surface area contributed by atoms with Crippen molar-refractivity contribution in [2.45, 2.75) is 6.92 Å². The maximum atomic E-state index is 11.7. The van der Waals surface area contributed by atoms with E-state index in [4.69, 9.17) is 9.68 Å². The number of carbonyl (C=O) groups is 1. The zero-order valence-electron chi connectivity index (χ0n) is 9.88. The van der Waals surface area contributed by atoms with Crippen LogP contribution in [0.4, 0.5) is 0 Å². The minimum absolute atomic E-state index is 0.189. The van der Waals surface area contributed by atoms with Crippen LogP contribution in [0.5, 0.6) is 0 Å². The smallest absolute Gasteiger partial charge is 0.221 e. The number of ketones is 1. The fraction of sp³-hybridized carbons (Fsp3) is 0.0667. The van der Waals surface area contributed by atoms with Gasteiger partial charge in [-0.25, -0.2) is 0 Å². The monoisotopic (exact) mass is 237 g/mol. The lowest BCUT2D eigenvalue weighted by Crippen LogP contribution is -1.90. The Balaban J connectivity index is 2.16. The number of furan rings is 1. The zero-order chi connectivity index (χ0) is 13.0. The minimum Gasteiger partial charge on any atom is -0.458 e. The lowest BCUT2D eigenvalue weighted by molar-refractivity contribution is 0.102. The number of nitrogens with zero attached hydrogens (tertiary/aromatic N) is 1. The molecule has 1 aromatic carbocycles. The number of nitriles is 1. The summed E-state index contributed by atoms with van der Waals surface area (Å²) in [7, 11) is 0. The number of benzene rings is 1. The molecule has 0 N–H and O–H groups in total. The van der Waals surface area contributed by atoms with Crippen molar-refractivity contribution in [3.63, 3.8) is 0 Å². The van der Waals surface area contributed by atoms with Crippen molar-refractivity contribution in [1.82, 2.24) is 0 Å². The van der Waals surface area contributed by atoms with Crippen molar-refractivity contribution in [2.24, 2.45) is 0 Å². The third kappa shape index (κ3) is 2.74. The maximum Gasteiger partial charge on any atom is 0.221 e. The van der Waals surface area contributed by atoms with Gasteiger partial charge in [0.25, 0.3) is 0 Å². The topological polar surface area (TPSA) is 54.0 Å². The Morgan fingerprint density at radius 3 is 2.83 bits per heavy atom. The Bertz CT molecular complexity index is 645. The molecule has 0 aliphatic heterocycles. The molecule has 0 fully saturated rings. The number of allylic oxidation sites excluding steroid dienone is 1. The standard InChI is InChI=1S/C15H11NO2/c1-11-5-8-15(18-11)14(17)7-6-12-3-2-4-13(9-12)10-16/h2-9H,1H3/b7-6+. The lowest BCUT2D eigenvalue weighted by Gasteiger charge is -1.93. The molecule has 0 unspecified atom stereocenters. The summed E-state index contributed by atoms with van der Waals surface area (Å²) >= 11 is 0. The molecule has 0 radical (unpaired) electrons. The Morgan fingerprint density at radius 2 is 2.17 bits per heavy atom. The van der Waals surface area contributed by atoms with Gasteiger partial charge in [0.15, 0.2) is 5.76 Å². The van der Waals surface area contributed by atoms with Crippen molar-refractivity contribution in [3.8, 4) is 6.07 Å². The molecule has 3 nitrogen and oxygen atoms in total. The molecule has 1 aromatic heterocycles. The third-order valence-electron chi connectivity index (χ3n) is 2.43. The predicted octanol–water partition coefficient (Wildman–Crippen LogP) is 3.36. The first-order valence-electron chi connectivity index (χ1n) is 5.48. The first-order chi connectivity index (χ1) is 8.69. The molecule has 0 aliphatic rings. The van der Waals surface area contributed by atoms with E-state index in [0.29, 0.717) is 17.1 Å². The van der Waals surface area contributed by atoms with Crippen LogP contribution in [0, 0.1) is 18.3 Å². The van der Waals surface area contributed by atoms with Crippen molar-refractivity contribution in [2.75, 3.05) is 0 Å². The summed E-state index contributed by atoms with van der Waals surface area (Å²) in [6.07, 6.45) is 3.11. The second-order valence-electron chi connectivity index (χ2n) is 3.85. The summed E-state index contributed by atoms with van der Waals surface area (Å²) in [4.78, 5) is 11.7. The van der Waals surface area contributed by atoms with Crippen LogP contribution < -0.4 is 0 Å². The molecule has 2 aromatic rings. The van der Waals surface area contributed by atoms with Gasteiger partial charge in [-0.1, -0.05) is 18.2 Å². The molecule has 0 atom stereocenters. The van der Waals surface area contributed by atoms with E-state index in [9.17, 15) is 4.79 Å². The fourth-order valence-electron chi connectivity index (χ4n) is 1.53. The molecule has 0 aliphatic carbocycles. The largest absolute Gasteiger partial charge is 0.458 e. The maximum absolute atomic E-state index is 11.7. The summed E-state index contributed by atoms with van der Waals surface area (Å²) < 4.78 is 5.23. The number of aryl methyl sites for hydroxylation is 1. The van der Waals surface area contributed by atoms with Crippen LogP contribution in [0.2, 0.25) is 0 Å². The van der Waals surface area contributed by atoms with E-state index in [1.54, 1.807) is 43.3 Å². The molecule has 3 heteroatoms. The quantitative estimate of drug-likeness (QED) is 0.607. The molecule has 1 heterocycles. The van der Waals surface area contributed by atoms with Gasteiger partial charge in [0.05, 0.1) is 11.6 Å². The van der Waals surface area contributed by atoms with Crippen molar-refractivity contribution in [1.29, 1.82) is 5.26 Å². The normalized spacial score (nSPS) is 10.4. The van der Waals surface area contributed by atoms with E-state index in [-0.39, 0.29) is 5.78 Å². The number of carbonyl (C=O) groups excluding carboxylic acids is 1. The van der Waals surface area contributed by atoms with Crippen LogP contribution in [0.1, 0.15) is 27.4 Å². The molecular weight excluding hydrogens is 226 g/mol. The second-order valence-corrected chi connectivity index (χ2v) is 3.85. The minimum atomic E-state index is -0.189. The summed E-state index contributed by atoms with van der Waals surface area (Å²) in [5, 5.41) is 8.76. The van der Waals surface area contributed by atoms with E-state index in [2.05, 4.69) is 6.07 Å². The molecule has 18 heavy (non-hydrogen) atoms. The molecule has 0 saturated carbocycles. The van der Waals surface area contributed by atoms with E-state index >= 15 is 0 Å². The summed E-state index contributed by atoms with van der Waals surface area (Å²) in [5.74, 6) is 0.837. The highest BCUT2D eigenvalue weighted by Gasteiger charge is 2.05. The number of hydrogen-bond acceptors (Lipinski definition) is 3. The van der Waals surface area contributed by atoms with E-state index in [0.717, 1.165) is 5.56 Å². The summed E-state index contributed by atoms with van der Waals surface area (Å²) in [5.41, 5.74) is 1.38. The van der Waals surface area contributed by atoms with Crippen molar-refractivity contribution >= 4 is 11.9 Å². The fourth-order valence-corrected chi connectivity index (χ4v) is 1.53. The zero-order valence-corrected chi connectivity index (χ0v) is 9.88. The van der Waals surface area contributed by atoms with E-state index in [1.165, 1.54) is 6.08 Å². The first kappa shape index (κ1) is 11.9. The van der Waals surface area contributed by atoms with Crippen LogP contribution >= 0.6 is 0 Å². The van der Waals surface area contributed by atoms with Crippen LogP contribution in [-0.2, 0) is 0 Å². The average molecular weight is 237 g/mol. The van der Waals surface area contributed by atoms with E-state index in [1.807, 2.05) is 6.07 Å². The number of rotatable bonds is 3. The highest BCUT2D eigenvalue weighted by molar-refractivity contribution is 6.04. The lowest BCUT2D eigenvalue weighted by atomic mass is 10.1. The third-order valence-corrected chi connectivity index (χ3v) is 2.43. The summed E-state index contributed by atoms with van der Waals surface area (Å²) in [6, 6.07) is 12.5. The van der Waals surface area contributed by atoms with Crippen molar-refractivity contribution < 1.29 is 9.21 Å². The van der Waals surface area contributed by atoms with Gasteiger partial charge in [-0.05, 0) is 42.8 Å². The predicted molar refractivity (Wildman–Crippen MR) is 68.0 cm³/mol. The van der Waals surface area contributed by atoms with Crippen LogP contribution in [0.3, 0.4) is 0 Å². The molecule has 0 spiro atoms. The van der Waals surface area contributed by atoms with Gasteiger partial charge in [0.1, 0.15) is 5.76 Å². The molecule has 2 rings (SSSR count). The first-order valence-corrected chi connectivity index (χ1v) is 5.48. The Labute approximate surface area is 105 Å².